The van der Waals surface area contributed by atoms with E-state index in [4.69, 9.17) is 9.47 Å². The highest BCUT2D eigenvalue weighted by Gasteiger charge is 2.18. The average molecular weight is 397 g/mol. The molecule has 0 saturated carbocycles. The van der Waals surface area contributed by atoms with Crippen molar-refractivity contribution in [3.8, 4) is 11.5 Å². The molecule has 0 unspecified atom stereocenters. The van der Waals surface area contributed by atoms with E-state index in [-0.39, 0.29) is 11.9 Å². The van der Waals surface area contributed by atoms with Crippen LogP contribution in [0.4, 0.5) is 0 Å². The summed E-state index contributed by atoms with van der Waals surface area (Å²) in [5, 5.41) is 3.06. The minimum Gasteiger partial charge on any atom is -0.497 e. The maximum atomic E-state index is 12.7. The number of benzene rings is 2. The summed E-state index contributed by atoms with van der Waals surface area (Å²) >= 11 is 0. The summed E-state index contributed by atoms with van der Waals surface area (Å²) in [6, 6.07) is 13.3. The van der Waals surface area contributed by atoms with Crippen LogP contribution in [0.5, 0.6) is 11.5 Å². The van der Waals surface area contributed by atoms with Crippen molar-refractivity contribution < 1.29 is 14.3 Å². The van der Waals surface area contributed by atoms with Crippen LogP contribution in [0.3, 0.4) is 0 Å². The fourth-order valence-corrected chi connectivity index (χ4v) is 3.99. The topological polar surface area (TPSA) is 50.8 Å². The molecule has 2 aromatic carbocycles. The first kappa shape index (κ1) is 21.2. The molecule has 1 heterocycles. The Bertz CT molecular complexity index is 819. The molecule has 0 aromatic heterocycles. The Morgan fingerprint density at radius 1 is 1.17 bits per heavy atom. The summed E-state index contributed by atoms with van der Waals surface area (Å²) in [7, 11) is 3.25. The molecule has 2 atom stereocenters. The van der Waals surface area contributed by atoms with Gasteiger partial charge in [-0.1, -0.05) is 19.1 Å². The highest BCUT2D eigenvalue weighted by molar-refractivity contribution is 5.94. The second-order valence-electron chi connectivity index (χ2n) is 7.98. The van der Waals surface area contributed by atoms with Crippen LogP contribution in [0, 0.1) is 5.92 Å². The minimum absolute atomic E-state index is 0.0967. The van der Waals surface area contributed by atoms with Gasteiger partial charge in [0.25, 0.3) is 5.91 Å². The number of amides is 1. The van der Waals surface area contributed by atoms with Gasteiger partial charge >= 0.3 is 0 Å². The molecule has 5 heteroatoms. The molecule has 3 rings (SSSR count). The predicted octanol–water partition coefficient (Wildman–Crippen LogP) is 4.43. The first-order valence-electron chi connectivity index (χ1n) is 10.3. The lowest BCUT2D eigenvalue weighted by Crippen LogP contribution is -2.33. The van der Waals surface area contributed by atoms with Gasteiger partial charge < -0.3 is 14.8 Å². The van der Waals surface area contributed by atoms with E-state index in [1.165, 1.54) is 18.4 Å². The quantitative estimate of drug-likeness (QED) is 0.752. The lowest BCUT2D eigenvalue weighted by molar-refractivity contribution is 0.0939. The second kappa shape index (κ2) is 9.79. The van der Waals surface area contributed by atoms with Gasteiger partial charge in [-0.3, -0.25) is 9.69 Å². The molecule has 0 spiro atoms. The third-order valence-electron chi connectivity index (χ3n) is 5.61. The maximum absolute atomic E-state index is 12.7. The number of ether oxygens (including phenoxy) is 2. The molecule has 1 aliphatic heterocycles. The van der Waals surface area contributed by atoms with E-state index in [1.807, 2.05) is 37.3 Å². The lowest BCUT2D eigenvalue weighted by Gasteiger charge is -2.30. The molecule has 0 bridgehead atoms. The van der Waals surface area contributed by atoms with Crippen molar-refractivity contribution in [1.29, 1.82) is 0 Å². The third kappa shape index (κ3) is 5.51. The van der Waals surface area contributed by atoms with Gasteiger partial charge in [-0.05, 0) is 68.1 Å². The van der Waals surface area contributed by atoms with Crippen molar-refractivity contribution in [1.82, 2.24) is 10.2 Å². The van der Waals surface area contributed by atoms with Crippen molar-refractivity contribution in [3.63, 3.8) is 0 Å². The number of nitrogens with zero attached hydrogens (tertiary/aromatic N) is 1. The molecule has 1 fully saturated rings. The maximum Gasteiger partial charge on any atom is 0.251 e. The van der Waals surface area contributed by atoms with Gasteiger partial charge in [0.2, 0.25) is 0 Å². The molecular formula is C24H32N2O3. The number of likely N-dealkylation sites (tertiary alicyclic amines) is 1. The van der Waals surface area contributed by atoms with Gasteiger partial charge in [-0.2, -0.15) is 0 Å². The van der Waals surface area contributed by atoms with Gasteiger partial charge in [0.05, 0.1) is 20.3 Å². The third-order valence-corrected chi connectivity index (χ3v) is 5.61. The molecule has 29 heavy (non-hydrogen) atoms. The molecule has 1 N–H and O–H groups in total. The number of carbonyl (C=O) groups is 1. The molecule has 1 aliphatic rings. The molecule has 156 valence electrons. The minimum atomic E-state index is -0.206. The summed E-state index contributed by atoms with van der Waals surface area (Å²) in [6.45, 7) is 7.53. The van der Waals surface area contributed by atoms with Crippen molar-refractivity contribution in [2.75, 3.05) is 27.3 Å². The summed E-state index contributed by atoms with van der Waals surface area (Å²) in [4.78, 5) is 15.2. The number of nitrogens with one attached hydrogen (secondary N) is 1. The van der Waals surface area contributed by atoms with Crippen LogP contribution in [-0.4, -0.2) is 38.1 Å². The first-order valence-corrected chi connectivity index (χ1v) is 10.3. The Balaban J connectivity index is 1.63. The number of hydrogen-bond acceptors (Lipinski definition) is 4. The van der Waals surface area contributed by atoms with Crippen molar-refractivity contribution in [3.05, 3.63) is 59.2 Å². The SMILES string of the molecule is COc1ccc(OC)c([C@@H](C)NC(=O)c2ccc(CN3CCC[C@H](C)C3)cc2)c1. The second-order valence-corrected chi connectivity index (χ2v) is 7.98. The normalized spacial score (nSPS) is 18.1. The van der Waals surface area contributed by atoms with Gasteiger partial charge in [0, 0.05) is 24.2 Å². The Morgan fingerprint density at radius 2 is 1.93 bits per heavy atom. The van der Waals surface area contributed by atoms with Crippen LogP contribution in [0.15, 0.2) is 42.5 Å². The fourth-order valence-electron chi connectivity index (χ4n) is 3.99. The van der Waals surface area contributed by atoms with Gasteiger partial charge in [-0.25, -0.2) is 0 Å². The van der Waals surface area contributed by atoms with Crippen LogP contribution < -0.4 is 14.8 Å². The number of rotatable bonds is 7. The predicted molar refractivity (Wildman–Crippen MR) is 116 cm³/mol. The van der Waals surface area contributed by atoms with E-state index in [0.717, 1.165) is 42.6 Å². The van der Waals surface area contributed by atoms with Gasteiger partial charge in [-0.15, -0.1) is 0 Å². The van der Waals surface area contributed by atoms with Crippen LogP contribution in [-0.2, 0) is 6.54 Å². The highest BCUT2D eigenvalue weighted by atomic mass is 16.5. The Morgan fingerprint density at radius 3 is 2.59 bits per heavy atom. The Labute approximate surface area is 174 Å². The Kier molecular flexibility index (Phi) is 7.15. The largest absolute Gasteiger partial charge is 0.497 e. The standard InChI is InChI=1S/C24H32N2O3/c1-17-6-5-13-26(15-17)16-19-7-9-20(10-8-19)24(27)25-18(2)22-14-21(28-3)11-12-23(22)29-4/h7-12,14,17-18H,5-6,13,15-16H2,1-4H3,(H,25,27)/t17-,18+/m0/s1. The van der Waals surface area contributed by atoms with Crippen LogP contribution in [0.2, 0.25) is 0 Å². The summed E-state index contributed by atoms with van der Waals surface area (Å²) in [6.07, 6.45) is 2.60. The molecular weight excluding hydrogens is 364 g/mol. The van der Waals surface area contributed by atoms with Crippen LogP contribution >= 0.6 is 0 Å². The molecule has 5 nitrogen and oxygen atoms in total. The Hall–Kier alpha value is -2.53. The fraction of sp³-hybridized carbons (Fsp3) is 0.458. The monoisotopic (exact) mass is 396 g/mol. The highest BCUT2D eigenvalue weighted by Crippen LogP contribution is 2.29. The van der Waals surface area contributed by atoms with E-state index in [0.29, 0.717) is 5.56 Å². The number of methoxy groups -OCH3 is 2. The van der Waals surface area contributed by atoms with Crippen molar-refractivity contribution in [2.45, 2.75) is 39.3 Å². The molecule has 1 saturated heterocycles. The number of carbonyl (C=O) groups excluding carboxylic acids is 1. The first-order chi connectivity index (χ1) is 14.0. The molecule has 0 aliphatic carbocycles. The number of hydrogen-bond donors (Lipinski definition) is 1. The molecule has 0 radical (unpaired) electrons. The lowest BCUT2D eigenvalue weighted by atomic mass is 9.99. The number of piperidine rings is 1. The molecule has 1 amide bonds. The summed E-state index contributed by atoms with van der Waals surface area (Å²) in [5.74, 6) is 2.13. The molecule has 2 aromatic rings. The van der Waals surface area contributed by atoms with Crippen molar-refractivity contribution in [2.24, 2.45) is 5.92 Å². The summed E-state index contributed by atoms with van der Waals surface area (Å²) in [5.41, 5.74) is 2.80. The smallest absolute Gasteiger partial charge is 0.251 e. The zero-order valence-electron chi connectivity index (χ0n) is 17.9. The zero-order valence-corrected chi connectivity index (χ0v) is 17.9. The van der Waals surface area contributed by atoms with Gasteiger partial charge in [0.1, 0.15) is 11.5 Å². The average Bonchev–Trinajstić information content (AvgIpc) is 2.73. The van der Waals surface area contributed by atoms with E-state index in [1.54, 1.807) is 14.2 Å². The van der Waals surface area contributed by atoms with Crippen molar-refractivity contribution >= 4 is 5.91 Å². The van der Waals surface area contributed by atoms with E-state index >= 15 is 0 Å². The van der Waals surface area contributed by atoms with Gasteiger partial charge in [0.15, 0.2) is 0 Å². The van der Waals surface area contributed by atoms with E-state index < -0.39 is 0 Å². The summed E-state index contributed by atoms with van der Waals surface area (Å²) < 4.78 is 10.7. The van der Waals surface area contributed by atoms with E-state index in [2.05, 4.69) is 29.3 Å². The van der Waals surface area contributed by atoms with E-state index in [9.17, 15) is 4.79 Å². The zero-order chi connectivity index (χ0) is 20.8. The van der Waals surface area contributed by atoms with Crippen LogP contribution in [0.25, 0.3) is 0 Å². The van der Waals surface area contributed by atoms with Crippen LogP contribution in [0.1, 0.15) is 54.2 Å².